The molecule has 1 atom stereocenters. The summed E-state index contributed by atoms with van der Waals surface area (Å²) < 4.78 is 17.0. The molecular formula is C25H26N2O4S. The van der Waals surface area contributed by atoms with Crippen molar-refractivity contribution in [3.8, 4) is 11.5 Å². The minimum Gasteiger partial charge on any atom is -0.493 e. The van der Waals surface area contributed by atoms with E-state index in [0.717, 1.165) is 29.0 Å². The average Bonchev–Trinajstić information content (AvgIpc) is 3.53. The summed E-state index contributed by atoms with van der Waals surface area (Å²) in [5, 5.41) is 1.99. The summed E-state index contributed by atoms with van der Waals surface area (Å²) in [7, 11) is 1.62. The van der Waals surface area contributed by atoms with Crippen molar-refractivity contribution in [2.45, 2.75) is 25.6 Å². The van der Waals surface area contributed by atoms with E-state index in [1.807, 2.05) is 53.9 Å². The van der Waals surface area contributed by atoms with Crippen molar-refractivity contribution in [3.05, 3.63) is 82.3 Å². The van der Waals surface area contributed by atoms with Gasteiger partial charge in [0.25, 0.3) is 0 Å². The van der Waals surface area contributed by atoms with E-state index >= 15 is 0 Å². The molecule has 0 saturated carbocycles. The lowest BCUT2D eigenvalue weighted by molar-refractivity contribution is -0.127. The van der Waals surface area contributed by atoms with E-state index in [2.05, 4.69) is 4.98 Å². The summed E-state index contributed by atoms with van der Waals surface area (Å²) in [5.74, 6) is 1.27. The third-order valence-corrected chi connectivity index (χ3v) is 5.96. The lowest BCUT2D eigenvalue weighted by atomic mass is 10.1. The molecule has 1 fully saturated rings. The molecule has 3 heterocycles. The second kappa shape index (κ2) is 10.9. The summed E-state index contributed by atoms with van der Waals surface area (Å²) in [5.41, 5.74) is 1.93. The third kappa shape index (κ3) is 5.96. The number of rotatable bonds is 9. The maximum absolute atomic E-state index is 13.1. The molecule has 0 radical (unpaired) electrons. The molecule has 0 aliphatic carbocycles. The van der Waals surface area contributed by atoms with Gasteiger partial charge in [-0.15, -0.1) is 11.3 Å². The van der Waals surface area contributed by atoms with Crippen molar-refractivity contribution in [2.24, 2.45) is 0 Å². The Morgan fingerprint density at radius 2 is 2.12 bits per heavy atom. The number of amides is 1. The van der Waals surface area contributed by atoms with Crippen LogP contribution in [0.15, 0.2) is 66.3 Å². The number of carbonyl (C=O) groups is 1. The maximum atomic E-state index is 13.1. The fourth-order valence-corrected chi connectivity index (χ4v) is 4.10. The van der Waals surface area contributed by atoms with Crippen LogP contribution < -0.4 is 9.47 Å². The highest BCUT2D eigenvalue weighted by molar-refractivity contribution is 7.10. The molecule has 1 aromatic carbocycles. The molecule has 32 heavy (non-hydrogen) atoms. The zero-order chi connectivity index (χ0) is 22.2. The Morgan fingerprint density at radius 1 is 1.22 bits per heavy atom. The molecule has 0 unspecified atom stereocenters. The standard InChI is InChI=1S/C25H26N2O4S/c1-29-24-14-19(6-8-23(24)31-21-10-12-30-18-21)16-27(17-20-4-2-11-26-15-20)25(28)9-7-22-5-3-13-32-22/h2-9,11,13-15,21H,10,12,16-18H2,1H3/b9-7+/t21-/m0/s1. The molecule has 3 aromatic rings. The Morgan fingerprint density at radius 3 is 2.84 bits per heavy atom. The molecular weight excluding hydrogens is 424 g/mol. The molecule has 6 nitrogen and oxygen atoms in total. The first-order valence-corrected chi connectivity index (χ1v) is 11.4. The van der Waals surface area contributed by atoms with Crippen LogP contribution in [0.4, 0.5) is 0 Å². The maximum Gasteiger partial charge on any atom is 0.247 e. The van der Waals surface area contributed by atoms with E-state index in [0.29, 0.717) is 31.2 Å². The van der Waals surface area contributed by atoms with E-state index in [1.54, 1.807) is 41.8 Å². The number of nitrogens with zero attached hydrogens (tertiary/aromatic N) is 2. The van der Waals surface area contributed by atoms with Gasteiger partial charge >= 0.3 is 0 Å². The third-order valence-electron chi connectivity index (χ3n) is 5.12. The topological polar surface area (TPSA) is 60.9 Å². The normalized spacial score (nSPS) is 15.7. The Labute approximate surface area is 192 Å². The second-order valence-electron chi connectivity index (χ2n) is 7.49. The van der Waals surface area contributed by atoms with Crippen molar-refractivity contribution in [3.63, 3.8) is 0 Å². The number of benzene rings is 1. The Hall–Kier alpha value is -3.16. The van der Waals surface area contributed by atoms with Gasteiger partial charge in [-0.05, 0) is 46.8 Å². The van der Waals surface area contributed by atoms with E-state index in [-0.39, 0.29) is 12.0 Å². The van der Waals surface area contributed by atoms with Gasteiger partial charge < -0.3 is 19.1 Å². The molecule has 4 rings (SSSR count). The number of aromatic nitrogens is 1. The first kappa shape index (κ1) is 22.0. The van der Waals surface area contributed by atoms with Crippen LogP contribution in [0.5, 0.6) is 11.5 Å². The van der Waals surface area contributed by atoms with Crippen molar-refractivity contribution in [2.75, 3.05) is 20.3 Å². The number of pyridine rings is 1. The summed E-state index contributed by atoms with van der Waals surface area (Å²) in [4.78, 5) is 20.1. The molecule has 166 valence electrons. The first-order valence-electron chi connectivity index (χ1n) is 10.5. The lowest BCUT2D eigenvalue weighted by Gasteiger charge is -2.22. The SMILES string of the molecule is COc1cc(CN(Cc2cccnc2)C(=O)/C=C/c2cccs2)ccc1O[C@H]1CCOC1. The van der Waals surface area contributed by atoms with Crippen LogP contribution in [0, 0.1) is 0 Å². The fraction of sp³-hybridized carbons (Fsp3) is 0.280. The molecule has 2 aromatic heterocycles. The summed E-state index contributed by atoms with van der Waals surface area (Å²) in [6, 6.07) is 13.6. The molecule has 7 heteroatoms. The summed E-state index contributed by atoms with van der Waals surface area (Å²) in [6.45, 7) is 2.21. The molecule has 0 spiro atoms. The molecule has 1 amide bonds. The van der Waals surface area contributed by atoms with Crippen molar-refractivity contribution < 1.29 is 19.0 Å². The van der Waals surface area contributed by atoms with Crippen LogP contribution in [0.1, 0.15) is 22.4 Å². The van der Waals surface area contributed by atoms with E-state index in [9.17, 15) is 4.79 Å². The largest absolute Gasteiger partial charge is 0.493 e. The average molecular weight is 451 g/mol. The molecule has 1 aliphatic heterocycles. The summed E-state index contributed by atoms with van der Waals surface area (Å²) >= 11 is 1.60. The van der Waals surface area contributed by atoms with Gasteiger partial charge in [-0.25, -0.2) is 0 Å². The zero-order valence-corrected chi connectivity index (χ0v) is 18.8. The fourth-order valence-electron chi connectivity index (χ4n) is 3.48. The van der Waals surface area contributed by atoms with Gasteiger partial charge in [0.1, 0.15) is 6.10 Å². The Kier molecular flexibility index (Phi) is 7.53. The molecule has 0 N–H and O–H groups in total. The van der Waals surface area contributed by atoms with Gasteiger partial charge in [-0.1, -0.05) is 18.2 Å². The molecule has 1 saturated heterocycles. The quantitative estimate of drug-likeness (QED) is 0.447. The summed E-state index contributed by atoms with van der Waals surface area (Å²) in [6.07, 6.45) is 7.90. The highest BCUT2D eigenvalue weighted by Crippen LogP contribution is 2.31. The number of hydrogen-bond donors (Lipinski definition) is 0. The van der Waals surface area contributed by atoms with Crippen LogP contribution in [0.3, 0.4) is 0 Å². The second-order valence-corrected chi connectivity index (χ2v) is 8.47. The number of ether oxygens (including phenoxy) is 3. The van der Waals surface area contributed by atoms with Gasteiger partial charge in [-0.3, -0.25) is 9.78 Å². The highest BCUT2D eigenvalue weighted by Gasteiger charge is 2.20. The molecule has 0 bridgehead atoms. The first-order chi connectivity index (χ1) is 15.7. The van der Waals surface area contributed by atoms with Gasteiger partial charge in [0, 0.05) is 42.9 Å². The van der Waals surface area contributed by atoms with Gasteiger partial charge in [0.2, 0.25) is 5.91 Å². The Balaban J connectivity index is 1.52. The number of methoxy groups -OCH3 is 1. The van der Waals surface area contributed by atoms with Crippen molar-refractivity contribution >= 4 is 23.3 Å². The number of carbonyl (C=O) groups excluding carboxylic acids is 1. The van der Waals surface area contributed by atoms with E-state index in [4.69, 9.17) is 14.2 Å². The van der Waals surface area contributed by atoms with Crippen LogP contribution >= 0.6 is 11.3 Å². The van der Waals surface area contributed by atoms with Gasteiger partial charge in [-0.2, -0.15) is 0 Å². The minimum absolute atomic E-state index is 0.0424. The molecule has 1 aliphatic rings. The number of thiophene rings is 1. The number of hydrogen-bond acceptors (Lipinski definition) is 6. The van der Waals surface area contributed by atoms with Gasteiger partial charge in [0.15, 0.2) is 11.5 Å². The predicted molar refractivity (Wildman–Crippen MR) is 125 cm³/mol. The smallest absolute Gasteiger partial charge is 0.247 e. The monoisotopic (exact) mass is 450 g/mol. The van der Waals surface area contributed by atoms with E-state index in [1.165, 1.54) is 0 Å². The van der Waals surface area contributed by atoms with Crippen molar-refractivity contribution in [1.29, 1.82) is 0 Å². The Bertz CT molecular complexity index is 1030. The minimum atomic E-state index is -0.0651. The predicted octanol–water partition coefficient (Wildman–Crippen LogP) is 4.56. The van der Waals surface area contributed by atoms with E-state index < -0.39 is 0 Å². The van der Waals surface area contributed by atoms with Crippen LogP contribution in [-0.2, 0) is 22.6 Å². The highest BCUT2D eigenvalue weighted by atomic mass is 32.1. The van der Waals surface area contributed by atoms with Crippen LogP contribution in [-0.4, -0.2) is 42.2 Å². The van der Waals surface area contributed by atoms with Crippen molar-refractivity contribution in [1.82, 2.24) is 9.88 Å². The van der Waals surface area contributed by atoms with Gasteiger partial charge in [0.05, 0.1) is 20.3 Å². The zero-order valence-electron chi connectivity index (χ0n) is 18.0. The van der Waals surface area contributed by atoms with Crippen LogP contribution in [0.25, 0.3) is 6.08 Å². The lowest BCUT2D eigenvalue weighted by Crippen LogP contribution is -2.28. The van der Waals surface area contributed by atoms with Crippen LogP contribution in [0.2, 0.25) is 0 Å².